The van der Waals surface area contributed by atoms with Gasteiger partial charge in [0.25, 0.3) is 0 Å². The van der Waals surface area contributed by atoms with Crippen molar-refractivity contribution in [3.05, 3.63) is 83.2 Å². The molecule has 1 saturated carbocycles. The normalized spacial score (nSPS) is 22.2. The molecule has 3 fully saturated rings. The lowest BCUT2D eigenvalue weighted by atomic mass is 9.58. The summed E-state index contributed by atoms with van der Waals surface area (Å²) in [6, 6.07) is 17.3. The van der Waals surface area contributed by atoms with Crippen molar-refractivity contribution < 1.29 is 13.9 Å². The zero-order valence-corrected chi connectivity index (χ0v) is 27.4. The number of anilines is 1. The zero-order valence-electron chi connectivity index (χ0n) is 27.4. The molecule has 3 aromatic rings. The number of amides is 1. The average Bonchev–Trinajstić information content (AvgIpc) is 3.67. The number of likely N-dealkylation sites (tertiary alicyclic amines) is 1. The van der Waals surface area contributed by atoms with E-state index in [4.69, 9.17) is 15.0 Å². The first-order chi connectivity index (χ1) is 22.3. The Balaban J connectivity index is 1.25. The Morgan fingerprint density at radius 3 is 2.57 bits per heavy atom. The Kier molecular flexibility index (Phi) is 9.65. The van der Waals surface area contributed by atoms with Gasteiger partial charge in [0.05, 0.1) is 17.3 Å². The van der Waals surface area contributed by atoms with Crippen LogP contribution >= 0.6 is 0 Å². The molecule has 3 atom stereocenters. The first-order valence-corrected chi connectivity index (χ1v) is 17.0. The Labute approximate surface area is 272 Å². The van der Waals surface area contributed by atoms with Crippen LogP contribution in [0.4, 0.5) is 14.9 Å². The fourth-order valence-electron chi connectivity index (χ4n) is 8.66. The summed E-state index contributed by atoms with van der Waals surface area (Å²) in [7, 11) is 1.61. The second kappa shape index (κ2) is 13.8. The molecule has 9 heteroatoms. The Morgan fingerprint density at radius 1 is 1.13 bits per heavy atom. The van der Waals surface area contributed by atoms with Gasteiger partial charge in [-0.1, -0.05) is 19.1 Å². The summed E-state index contributed by atoms with van der Waals surface area (Å²) in [6.45, 7) is 9.97. The first kappa shape index (κ1) is 32.1. The molecule has 2 aliphatic heterocycles. The molecule has 2 saturated heterocycles. The van der Waals surface area contributed by atoms with Crippen LogP contribution in [-0.2, 0) is 23.1 Å². The molecule has 3 aliphatic rings. The number of aryl methyl sites for hydroxylation is 2. The molecule has 46 heavy (non-hydrogen) atoms. The molecule has 1 amide bonds. The number of halogens is 1. The minimum Gasteiger partial charge on any atom is -0.446 e. The molecule has 1 N–H and O–H groups in total. The lowest BCUT2D eigenvalue weighted by Gasteiger charge is -2.51. The van der Waals surface area contributed by atoms with Crippen LogP contribution in [0.1, 0.15) is 61.7 Å². The average molecular weight is 627 g/mol. The molecule has 2 aromatic carbocycles. The van der Waals surface area contributed by atoms with E-state index >= 15 is 4.39 Å². The van der Waals surface area contributed by atoms with Crippen molar-refractivity contribution in [1.29, 1.82) is 5.26 Å². The number of rotatable bonds is 10. The number of nitriles is 1. The summed E-state index contributed by atoms with van der Waals surface area (Å²) >= 11 is 0. The van der Waals surface area contributed by atoms with Crippen LogP contribution in [0.5, 0.6) is 0 Å². The minimum atomic E-state index is -0.427. The van der Waals surface area contributed by atoms with Gasteiger partial charge in [-0.2, -0.15) is 5.26 Å². The maximum atomic E-state index is 15.1. The van der Waals surface area contributed by atoms with Gasteiger partial charge in [0, 0.05) is 68.8 Å². The number of nitrogens with one attached hydrogen (secondary N) is 1. The number of hydrogen-bond donors (Lipinski definition) is 1. The van der Waals surface area contributed by atoms with Crippen LogP contribution < -0.4 is 10.2 Å². The van der Waals surface area contributed by atoms with Crippen LogP contribution in [-0.4, -0.2) is 66.4 Å². The van der Waals surface area contributed by atoms with Gasteiger partial charge < -0.3 is 24.4 Å². The van der Waals surface area contributed by atoms with Gasteiger partial charge in [0.1, 0.15) is 17.7 Å². The van der Waals surface area contributed by atoms with Crippen LogP contribution in [0.15, 0.2) is 54.7 Å². The highest BCUT2D eigenvalue weighted by atomic mass is 19.1. The van der Waals surface area contributed by atoms with Gasteiger partial charge in [-0.05, 0) is 100.0 Å². The summed E-state index contributed by atoms with van der Waals surface area (Å²) in [6.07, 6.45) is 7.04. The molecule has 3 unspecified atom stereocenters. The lowest BCUT2D eigenvalue weighted by Crippen LogP contribution is -2.55. The molecule has 0 bridgehead atoms. The molecular formula is C37H47FN6O2. The molecule has 8 nitrogen and oxygen atoms in total. The molecule has 0 radical (unpaired) electrons. The third-order valence-electron chi connectivity index (χ3n) is 10.8. The summed E-state index contributed by atoms with van der Waals surface area (Å²) in [4.78, 5) is 22.4. The Hall–Kier alpha value is -3.90. The summed E-state index contributed by atoms with van der Waals surface area (Å²) in [5, 5.41) is 11.8. The first-order valence-electron chi connectivity index (χ1n) is 17.0. The topological polar surface area (TPSA) is 86.4 Å². The van der Waals surface area contributed by atoms with Gasteiger partial charge in [0.15, 0.2) is 0 Å². The molecule has 1 aromatic heterocycles. The third-order valence-corrected chi connectivity index (χ3v) is 10.8. The number of carbonyl (C=O) groups excluding carboxylic acids is 1. The lowest BCUT2D eigenvalue weighted by molar-refractivity contribution is 0.00160. The molecule has 3 heterocycles. The summed E-state index contributed by atoms with van der Waals surface area (Å²) < 4.78 is 23.5. The van der Waals surface area contributed by atoms with E-state index in [0.717, 1.165) is 88.3 Å². The van der Waals surface area contributed by atoms with E-state index in [1.54, 1.807) is 13.1 Å². The quantitative estimate of drug-likeness (QED) is 0.294. The van der Waals surface area contributed by atoms with Crippen molar-refractivity contribution in [3.63, 3.8) is 0 Å². The molecule has 1 aliphatic carbocycles. The number of nitrogens with zero attached hydrogens (tertiary/aromatic N) is 5. The van der Waals surface area contributed by atoms with E-state index < -0.39 is 11.5 Å². The maximum Gasteiger partial charge on any atom is 0.407 e. The van der Waals surface area contributed by atoms with Crippen molar-refractivity contribution in [2.24, 2.45) is 17.8 Å². The van der Waals surface area contributed by atoms with E-state index in [1.165, 1.54) is 11.8 Å². The standard InChI is InChI=1S/C37H47FN6O2/c1-4-35-41-26(2)21-44(35)25-37(30-7-5-8-31(38)19-30,33-9-6-10-34(33)46-36(45)40-3)29-15-17-42(18-16-29)22-28-23-43(24-28)32-13-11-27(20-39)12-14-32/h5,7-8,11-14,19,21,28-29,33-34H,4,6,9-10,15-18,22-25H2,1-3H3,(H,40,45). The van der Waals surface area contributed by atoms with Gasteiger partial charge >= 0.3 is 6.09 Å². The number of alkyl carbamates (subject to hydrolysis) is 1. The number of benzene rings is 2. The van der Waals surface area contributed by atoms with Crippen molar-refractivity contribution in [2.45, 2.75) is 70.4 Å². The highest BCUT2D eigenvalue weighted by molar-refractivity contribution is 5.67. The van der Waals surface area contributed by atoms with Crippen LogP contribution in [0, 0.1) is 41.8 Å². The Morgan fingerprint density at radius 2 is 1.89 bits per heavy atom. The number of imidazole rings is 1. The molecule has 0 spiro atoms. The van der Waals surface area contributed by atoms with E-state index in [2.05, 4.69) is 44.9 Å². The van der Waals surface area contributed by atoms with E-state index in [0.29, 0.717) is 18.0 Å². The maximum absolute atomic E-state index is 15.1. The Bertz CT molecular complexity index is 1540. The van der Waals surface area contributed by atoms with Gasteiger partial charge in [-0.3, -0.25) is 0 Å². The largest absolute Gasteiger partial charge is 0.446 e. The molecular weight excluding hydrogens is 579 g/mol. The van der Waals surface area contributed by atoms with Gasteiger partial charge in [-0.15, -0.1) is 0 Å². The highest BCUT2D eigenvalue weighted by Gasteiger charge is 2.53. The second-order valence-electron chi connectivity index (χ2n) is 13.6. The van der Waals surface area contributed by atoms with Crippen LogP contribution in [0.2, 0.25) is 0 Å². The number of ether oxygens (including phenoxy) is 1. The predicted molar refractivity (Wildman–Crippen MR) is 177 cm³/mol. The smallest absolute Gasteiger partial charge is 0.407 e. The van der Waals surface area contributed by atoms with Crippen LogP contribution in [0.25, 0.3) is 0 Å². The van der Waals surface area contributed by atoms with E-state index in [1.807, 2.05) is 37.3 Å². The van der Waals surface area contributed by atoms with Crippen molar-refractivity contribution in [1.82, 2.24) is 19.8 Å². The van der Waals surface area contributed by atoms with Crippen molar-refractivity contribution in [2.75, 3.05) is 44.7 Å². The predicted octanol–water partition coefficient (Wildman–Crippen LogP) is 6.08. The number of hydrogen-bond acceptors (Lipinski definition) is 6. The SMILES string of the molecule is CCc1nc(C)cn1CC(c1cccc(F)c1)(C1CCN(CC2CN(c3ccc(C#N)cc3)C2)CC1)C1CCCC1OC(=O)NC. The highest BCUT2D eigenvalue weighted by Crippen LogP contribution is 2.52. The fraction of sp³-hybridized carbons (Fsp3) is 0.541. The van der Waals surface area contributed by atoms with Crippen molar-refractivity contribution >= 4 is 11.8 Å². The van der Waals surface area contributed by atoms with E-state index in [9.17, 15) is 4.79 Å². The number of carbonyl (C=O) groups is 1. The van der Waals surface area contributed by atoms with E-state index in [-0.39, 0.29) is 23.8 Å². The minimum absolute atomic E-state index is 0.0585. The monoisotopic (exact) mass is 626 g/mol. The molecule has 244 valence electrons. The second-order valence-corrected chi connectivity index (χ2v) is 13.6. The molecule has 6 rings (SSSR count). The summed E-state index contributed by atoms with van der Waals surface area (Å²) in [5.41, 5.74) is 3.44. The number of piperidine rings is 1. The van der Waals surface area contributed by atoms with Gasteiger partial charge in [-0.25, -0.2) is 14.2 Å². The third kappa shape index (κ3) is 6.50. The zero-order chi connectivity index (χ0) is 32.3. The summed E-state index contributed by atoms with van der Waals surface area (Å²) in [5.74, 6) is 1.77. The number of aromatic nitrogens is 2. The fourth-order valence-corrected chi connectivity index (χ4v) is 8.66. The van der Waals surface area contributed by atoms with Crippen molar-refractivity contribution in [3.8, 4) is 6.07 Å². The van der Waals surface area contributed by atoms with Crippen LogP contribution in [0.3, 0.4) is 0 Å². The van der Waals surface area contributed by atoms with Gasteiger partial charge in [0.2, 0.25) is 0 Å².